The van der Waals surface area contributed by atoms with Crippen LogP contribution in [0.1, 0.15) is 36.1 Å². The van der Waals surface area contributed by atoms with Crippen molar-refractivity contribution < 1.29 is 5.11 Å². The summed E-state index contributed by atoms with van der Waals surface area (Å²) in [5, 5.41) is 11.1. The topological polar surface area (TPSA) is 39.3 Å². The first kappa shape index (κ1) is 17.6. The van der Waals surface area contributed by atoms with E-state index in [1.807, 2.05) is 12.1 Å². The number of fused-ring (bicyclic) bond motifs is 3. The number of hydrogen-bond donors (Lipinski definition) is 2. The van der Waals surface area contributed by atoms with Crippen LogP contribution in [0.5, 0.6) is 5.75 Å². The van der Waals surface area contributed by atoms with Crippen LogP contribution in [-0.2, 0) is 12.8 Å². The Hall–Kier alpha value is -2.52. The molecule has 28 heavy (non-hydrogen) atoms. The number of hydrogen-bond acceptors (Lipinski definition) is 2. The molecule has 0 bridgehead atoms. The van der Waals surface area contributed by atoms with E-state index in [4.69, 9.17) is 0 Å². The van der Waals surface area contributed by atoms with Gasteiger partial charge >= 0.3 is 0 Å². The van der Waals surface area contributed by atoms with Gasteiger partial charge in [-0.2, -0.15) is 0 Å². The van der Waals surface area contributed by atoms with Crippen LogP contribution < -0.4 is 0 Å². The van der Waals surface area contributed by atoms with Crippen molar-refractivity contribution in [2.45, 2.75) is 32.1 Å². The number of phenols is 1. The molecule has 1 unspecified atom stereocenters. The van der Waals surface area contributed by atoms with Crippen molar-refractivity contribution in [2.24, 2.45) is 5.92 Å². The minimum absolute atomic E-state index is 0.366. The van der Waals surface area contributed by atoms with Crippen LogP contribution in [0.25, 0.3) is 16.5 Å². The van der Waals surface area contributed by atoms with Crippen molar-refractivity contribution in [1.82, 2.24) is 9.88 Å². The molecular formula is C25H28N2O. The van der Waals surface area contributed by atoms with Gasteiger partial charge in [-0.1, -0.05) is 36.4 Å². The molecule has 3 heteroatoms. The Labute approximate surface area is 166 Å². The van der Waals surface area contributed by atoms with Crippen molar-refractivity contribution in [1.29, 1.82) is 0 Å². The summed E-state index contributed by atoms with van der Waals surface area (Å²) in [5.41, 5.74) is 6.86. The molecule has 2 aliphatic rings. The third-order valence-corrected chi connectivity index (χ3v) is 6.56. The summed E-state index contributed by atoms with van der Waals surface area (Å²) in [6.07, 6.45) is 8.37. The van der Waals surface area contributed by atoms with E-state index in [2.05, 4.69) is 46.3 Å². The lowest BCUT2D eigenvalue weighted by Gasteiger charge is -2.29. The van der Waals surface area contributed by atoms with Crippen LogP contribution in [0.3, 0.4) is 0 Å². The fourth-order valence-electron chi connectivity index (χ4n) is 4.92. The van der Waals surface area contributed by atoms with E-state index >= 15 is 0 Å². The first-order valence-corrected chi connectivity index (χ1v) is 10.6. The number of phenolic OH excluding ortho intramolecular Hbond substituents is 1. The SMILES string of the molecule is Oc1ccc2[nH]c3c(c2c1)CC(CCN1CC=C(c2ccccc2)CC1)CC3. The van der Waals surface area contributed by atoms with Crippen LogP contribution in [0.4, 0.5) is 0 Å². The minimum Gasteiger partial charge on any atom is -0.508 e. The molecule has 0 spiro atoms. The molecule has 3 nitrogen and oxygen atoms in total. The highest BCUT2D eigenvalue weighted by molar-refractivity contribution is 5.86. The number of aromatic nitrogens is 1. The molecule has 1 aliphatic carbocycles. The molecule has 0 saturated carbocycles. The molecule has 2 aromatic carbocycles. The van der Waals surface area contributed by atoms with Gasteiger partial charge in [0.05, 0.1) is 0 Å². The number of benzene rings is 2. The Morgan fingerprint density at radius 1 is 1.07 bits per heavy atom. The lowest BCUT2D eigenvalue weighted by molar-refractivity contribution is 0.265. The molecule has 0 saturated heterocycles. The number of H-pyrrole nitrogens is 1. The molecule has 0 amide bonds. The van der Waals surface area contributed by atoms with Gasteiger partial charge in [0.1, 0.15) is 5.75 Å². The van der Waals surface area contributed by atoms with Crippen molar-refractivity contribution in [3.63, 3.8) is 0 Å². The Morgan fingerprint density at radius 3 is 2.79 bits per heavy atom. The molecule has 144 valence electrons. The van der Waals surface area contributed by atoms with E-state index in [9.17, 15) is 5.11 Å². The van der Waals surface area contributed by atoms with E-state index in [-0.39, 0.29) is 0 Å². The molecule has 2 N–H and O–H groups in total. The van der Waals surface area contributed by atoms with Crippen LogP contribution in [0.15, 0.2) is 54.6 Å². The zero-order valence-corrected chi connectivity index (χ0v) is 16.3. The zero-order valence-electron chi connectivity index (χ0n) is 16.3. The van der Waals surface area contributed by atoms with Gasteiger partial charge in [-0.25, -0.2) is 0 Å². The summed E-state index contributed by atoms with van der Waals surface area (Å²) >= 11 is 0. The van der Waals surface area contributed by atoms with E-state index in [1.54, 1.807) is 6.07 Å². The minimum atomic E-state index is 0.366. The first-order chi connectivity index (χ1) is 13.8. The normalized spacial score (nSPS) is 20.1. The van der Waals surface area contributed by atoms with Gasteiger partial charge in [0.2, 0.25) is 0 Å². The van der Waals surface area contributed by atoms with Crippen LogP contribution in [0, 0.1) is 5.92 Å². The number of nitrogens with one attached hydrogen (secondary N) is 1. The van der Waals surface area contributed by atoms with Crippen molar-refractivity contribution >= 4 is 16.5 Å². The number of aromatic hydroxyl groups is 1. The van der Waals surface area contributed by atoms with Gasteiger partial charge in [-0.15, -0.1) is 0 Å². The molecule has 1 aliphatic heterocycles. The molecule has 2 heterocycles. The van der Waals surface area contributed by atoms with Gasteiger partial charge < -0.3 is 10.1 Å². The second-order valence-electron chi connectivity index (χ2n) is 8.36. The van der Waals surface area contributed by atoms with Crippen LogP contribution in [-0.4, -0.2) is 34.6 Å². The fourth-order valence-corrected chi connectivity index (χ4v) is 4.92. The lowest BCUT2D eigenvalue weighted by atomic mass is 9.84. The summed E-state index contributed by atoms with van der Waals surface area (Å²) in [5.74, 6) is 1.11. The smallest absolute Gasteiger partial charge is 0.116 e. The maximum Gasteiger partial charge on any atom is 0.116 e. The number of rotatable bonds is 4. The van der Waals surface area contributed by atoms with Gasteiger partial charge in [0, 0.05) is 29.7 Å². The average Bonchev–Trinajstić information content (AvgIpc) is 3.10. The van der Waals surface area contributed by atoms with Crippen molar-refractivity contribution in [3.8, 4) is 5.75 Å². The van der Waals surface area contributed by atoms with E-state index in [0.29, 0.717) is 5.75 Å². The molecule has 1 atom stereocenters. The second kappa shape index (κ2) is 7.48. The summed E-state index contributed by atoms with van der Waals surface area (Å²) in [6, 6.07) is 16.5. The van der Waals surface area contributed by atoms with E-state index in [0.717, 1.165) is 37.2 Å². The Bertz CT molecular complexity index is 1000. The molecule has 5 rings (SSSR count). The van der Waals surface area contributed by atoms with Gasteiger partial charge in [0.15, 0.2) is 0 Å². The third kappa shape index (κ3) is 3.47. The van der Waals surface area contributed by atoms with E-state index in [1.165, 1.54) is 53.7 Å². The maximum atomic E-state index is 9.87. The van der Waals surface area contributed by atoms with Crippen LogP contribution >= 0.6 is 0 Å². The predicted molar refractivity (Wildman–Crippen MR) is 116 cm³/mol. The maximum absolute atomic E-state index is 9.87. The first-order valence-electron chi connectivity index (χ1n) is 10.6. The number of nitrogens with zero attached hydrogens (tertiary/aromatic N) is 1. The number of aryl methyl sites for hydroxylation is 1. The zero-order chi connectivity index (χ0) is 18.9. The quantitative estimate of drug-likeness (QED) is 0.664. The molecule has 0 fully saturated rings. The Kier molecular flexibility index (Phi) is 4.69. The van der Waals surface area contributed by atoms with Gasteiger partial charge in [-0.3, -0.25) is 4.90 Å². The predicted octanol–water partition coefficient (Wildman–Crippen LogP) is 5.16. The Morgan fingerprint density at radius 2 is 1.96 bits per heavy atom. The van der Waals surface area contributed by atoms with Gasteiger partial charge in [-0.05, 0) is 79.5 Å². The average molecular weight is 373 g/mol. The second-order valence-corrected chi connectivity index (χ2v) is 8.36. The largest absolute Gasteiger partial charge is 0.508 e. The standard InChI is InChI=1S/C25H28N2O/c28-21-7-9-25-23(17-21)22-16-18(6-8-24(22)26-25)10-13-27-14-11-20(12-15-27)19-4-2-1-3-5-19/h1-5,7,9,11,17-18,26,28H,6,8,10,12-16H2. The summed E-state index contributed by atoms with van der Waals surface area (Å²) in [6.45, 7) is 3.43. The van der Waals surface area contributed by atoms with Crippen molar-refractivity contribution in [2.75, 3.05) is 19.6 Å². The summed E-state index contributed by atoms with van der Waals surface area (Å²) < 4.78 is 0. The van der Waals surface area contributed by atoms with E-state index < -0.39 is 0 Å². The highest BCUT2D eigenvalue weighted by Gasteiger charge is 2.23. The highest BCUT2D eigenvalue weighted by Crippen LogP contribution is 2.34. The lowest BCUT2D eigenvalue weighted by Crippen LogP contribution is -2.31. The molecule has 3 aromatic rings. The monoisotopic (exact) mass is 372 g/mol. The highest BCUT2D eigenvalue weighted by atomic mass is 16.3. The van der Waals surface area contributed by atoms with Crippen LogP contribution in [0.2, 0.25) is 0 Å². The molecule has 0 radical (unpaired) electrons. The Balaban J connectivity index is 1.20. The third-order valence-electron chi connectivity index (χ3n) is 6.56. The summed E-state index contributed by atoms with van der Waals surface area (Å²) in [7, 11) is 0. The summed E-state index contributed by atoms with van der Waals surface area (Å²) in [4.78, 5) is 6.16. The van der Waals surface area contributed by atoms with Crippen molar-refractivity contribution in [3.05, 3.63) is 71.4 Å². The fraction of sp³-hybridized carbons (Fsp3) is 0.360. The molecular weight excluding hydrogens is 344 g/mol. The number of aromatic amines is 1. The molecule has 1 aromatic heterocycles. The van der Waals surface area contributed by atoms with Gasteiger partial charge in [0.25, 0.3) is 0 Å².